The van der Waals surface area contributed by atoms with Gasteiger partial charge in [0, 0.05) is 18.9 Å². The van der Waals surface area contributed by atoms with Gasteiger partial charge in [-0.3, -0.25) is 4.68 Å². The van der Waals surface area contributed by atoms with E-state index in [1.54, 1.807) is 7.05 Å². The van der Waals surface area contributed by atoms with E-state index in [0.29, 0.717) is 11.4 Å². The molecule has 0 amide bonds. The zero-order valence-electron chi connectivity index (χ0n) is 14.9. The molecule has 11 heteroatoms. The van der Waals surface area contributed by atoms with Crippen LogP contribution in [-0.4, -0.2) is 34.4 Å². The fourth-order valence-corrected chi connectivity index (χ4v) is 3.09. The summed E-state index contributed by atoms with van der Waals surface area (Å²) in [6, 6.07) is 7.34. The molecule has 3 aromatic rings. The van der Waals surface area contributed by atoms with Crippen molar-refractivity contribution in [2.24, 2.45) is 7.05 Å². The SMILES string of the molecule is Cn1ncnc1CNc1cc(C(F)(F)F)cc(-c2ccc(S(C)(=O)=O)cc2)n1. The lowest BCUT2D eigenvalue weighted by Gasteiger charge is -2.13. The Kier molecular flexibility index (Phi) is 5.11. The molecule has 28 heavy (non-hydrogen) atoms. The first-order valence-electron chi connectivity index (χ1n) is 8.00. The van der Waals surface area contributed by atoms with Crippen molar-refractivity contribution in [1.82, 2.24) is 19.7 Å². The molecule has 0 fully saturated rings. The number of halogens is 3. The van der Waals surface area contributed by atoms with Crippen LogP contribution in [0.3, 0.4) is 0 Å². The lowest BCUT2D eigenvalue weighted by atomic mass is 10.1. The maximum Gasteiger partial charge on any atom is 0.416 e. The molecule has 2 heterocycles. The van der Waals surface area contributed by atoms with Crippen molar-refractivity contribution in [3.8, 4) is 11.3 Å². The molecule has 3 rings (SSSR count). The first-order valence-corrected chi connectivity index (χ1v) is 9.90. The van der Waals surface area contributed by atoms with Gasteiger partial charge in [-0.2, -0.15) is 18.3 Å². The molecule has 0 saturated carbocycles. The number of nitrogens with one attached hydrogen (secondary N) is 1. The van der Waals surface area contributed by atoms with E-state index in [1.807, 2.05) is 0 Å². The number of hydrogen-bond acceptors (Lipinski definition) is 6. The molecule has 148 valence electrons. The van der Waals surface area contributed by atoms with Crippen LogP contribution in [0.25, 0.3) is 11.3 Å². The summed E-state index contributed by atoms with van der Waals surface area (Å²) in [6.07, 6.45) is -2.17. The zero-order valence-corrected chi connectivity index (χ0v) is 15.7. The van der Waals surface area contributed by atoms with Crippen LogP contribution in [0.1, 0.15) is 11.4 Å². The minimum Gasteiger partial charge on any atom is -0.363 e. The van der Waals surface area contributed by atoms with Gasteiger partial charge in [0.2, 0.25) is 0 Å². The van der Waals surface area contributed by atoms with E-state index >= 15 is 0 Å². The average molecular weight is 411 g/mol. The lowest BCUT2D eigenvalue weighted by molar-refractivity contribution is -0.137. The summed E-state index contributed by atoms with van der Waals surface area (Å²) in [4.78, 5) is 8.29. The van der Waals surface area contributed by atoms with Crippen molar-refractivity contribution in [2.75, 3.05) is 11.6 Å². The number of anilines is 1. The van der Waals surface area contributed by atoms with Gasteiger partial charge < -0.3 is 5.32 Å². The monoisotopic (exact) mass is 411 g/mol. The third kappa shape index (κ3) is 4.47. The van der Waals surface area contributed by atoms with Gasteiger partial charge >= 0.3 is 6.18 Å². The van der Waals surface area contributed by atoms with Crippen LogP contribution >= 0.6 is 0 Å². The molecule has 1 aromatic carbocycles. The summed E-state index contributed by atoms with van der Waals surface area (Å²) in [5, 5.41) is 6.71. The van der Waals surface area contributed by atoms with Crippen molar-refractivity contribution in [3.05, 3.63) is 54.1 Å². The van der Waals surface area contributed by atoms with Crippen LogP contribution < -0.4 is 5.32 Å². The van der Waals surface area contributed by atoms with Crippen molar-refractivity contribution < 1.29 is 21.6 Å². The Morgan fingerprint density at radius 1 is 1.14 bits per heavy atom. The van der Waals surface area contributed by atoms with Crippen LogP contribution in [0.5, 0.6) is 0 Å². The van der Waals surface area contributed by atoms with Crippen molar-refractivity contribution in [1.29, 1.82) is 0 Å². The fraction of sp³-hybridized carbons (Fsp3) is 0.235. The summed E-state index contributed by atoms with van der Waals surface area (Å²) in [5.41, 5.74) is -0.444. The molecule has 0 aliphatic rings. The van der Waals surface area contributed by atoms with Crippen LogP contribution in [-0.2, 0) is 29.6 Å². The van der Waals surface area contributed by atoms with Gasteiger partial charge in [-0.25, -0.2) is 18.4 Å². The van der Waals surface area contributed by atoms with Crippen molar-refractivity contribution in [3.63, 3.8) is 0 Å². The Morgan fingerprint density at radius 2 is 1.82 bits per heavy atom. The highest BCUT2D eigenvalue weighted by atomic mass is 32.2. The van der Waals surface area contributed by atoms with Crippen LogP contribution in [0, 0.1) is 0 Å². The predicted molar refractivity (Wildman–Crippen MR) is 96.1 cm³/mol. The Bertz CT molecular complexity index is 1090. The minimum absolute atomic E-state index is 0.0139. The van der Waals surface area contributed by atoms with Crippen LogP contribution in [0.15, 0.2) is 47.6 Å². The van der Waals surface area contributed by atoms with E-state index in [4.69, 9.17) is 0 Å². The molecule has 0 spiro atoms. The third-order valence-electron chi connectivity index (χ3n) is 3.96. The predicted octanol–water partition coefficient (Wildman–Crippen LogP) is 2.91. The molecule has 0 bridgehead atoms. The molecule has 7 nitrogen and oxygen atoms in total. The van der Waals surface area contributed by atoms with Crippen molar-refractivity contribution >= 4 is 15.7 Å². The minimum atomic E-state index is -4.56. The average Bonchev–Trinajstić information content (AvgIpc) is 3.03. The highest BCUT2D eigenvalue weighted by Crippen LogP contribution is 2.33. The van der Waals surface area contributed by atoms with E-state index < -0.39 is 21.6 Å². The number of sulfone groups is 1. The number of nitrogens with zero attached hydrogens (tertiary/aromatic N) is 4. The van der Waals surface area contributed by atoms with Crippen LogP contribution in [0.4, 0.5) is 19.0 Å². The topological polar surface area (TPSA) is 89.8 Å². The number of aromatic nitrogens is 4. The molecule has 2 aromatic heterocycles. The normalized spacial score (nSPS) is 12.2. The summed E-state index contributed by atoms with van der Waals surface area (Å²) in [5.74, 6) is 0.540. The highest BCUT2D eigenvalue weighted by molar-refractivity contribution is 7.90. The van der Waals surface area contributed by atoms with Crippen LogP contribution in [0.2, 0.25) is 0 Å². The fourth-order valence-electron chi connectivity index (χ4n) is 2.46. The maximum absolute atomic E-state index is 13.3. The zero-order chi connectivity index (χ0) is 20.5. The lowest BCUT2D eigenvalue weighted by Crippen LogP contribution is -2.11. The standard InChI is InChI=1S/C17H16F3N5O2S/c1-25-16(22-10-23-25)9-21-15-8-12(17(18,19)20)7-14(24-15)11-3-5-13(6-4-11)28(2,26)27/h3-8,10H,9H2,1-2H3,(H,21,24). The van der Waals surface area contributed by atoms with Gasteiger partial charge in [0.1, 0.15) is 18.0 Å². The van der Waals surface area contributed by atoms with Gasteiger partial charge in [0.05, 0.1) is 22.7 Å². The molecule has 0 aliphatic heterocycles. The molecule has 1 N–H and O–H groups in total. The third-order valence-corrected chi connectivity index (χ3v) is 5.09. The van der Waals surface area contributed by atoms with E-state index in [-0.39, 0.29) is 23.0 Å². The molecule has 0 unspecified atom stereocenters. The molecule has 0 radical (unpaired) electrons. The van der Waals surface area contributed by atoms with E-state index in [0.717, 1.165) is 18.4 Å². The number of aryl methyl sites for hydroxylation is 1. The number of alkyl halides is 3. The number of hydrogen-bond donors (Lipinski definition) is 1. The Morgan fingerprint density at radius 3 is 2.36 bits per heavy atom. The van der Waals surface area contributed by atoms with Crippen molar-refractivity contribution in [2.45, 2.75) is 17.6 Å². The summed E-state index contributed by atoms with van der Waals surface area (Å²) in [7, 11) is -1.74. The molecule has 0 aliphatic carbocycles. The first-order chi connectivity index (χ1) is 13.0. The molecule has 0 saturated heterocycles. The largest absolute Gasteiger partial charge is 0.416 e. The number of pyridine rings is 1. The smallest absolute Gasteiger partial charge is 0.363 e. The summed E-state index contributed by atoms with van der Waals surface area (Å²) >= 11 is 0. The number of rotatable bonds is 5. The maximum atomic E-state index is 13.3. The second-order valence-electron chi connectivity index (χ2n) is 6.07. The van der Waals surface area contributed by atoms with Gasteiger partial charge in [-0.15, -0.1) is 0 Å². The first kappa shape index (κ1) is 19.8. The quantitative estimate of drug-likeness (QED) is 0.694. The van der Waals surface area contributed by atoms with Gasteiger partial charge in [-0.1, -0.05) is 12.1 Å². The Hall–Kier alpha value is -2.95. The molecular formula is C17H16F3N5O2S. The Balaban J connectivity index is 1.97. The van der Waals surface area contributed by atoms with E-state index in [9.17, 15) is 21.6 Å². The van der Waals surface area contributed by atoms with E-state index in [2.05, 4.69) is 20.4 Å². The summed E-state index contributed by atoms with van der Waals surface area (Å²) < 4.78 is 64.5. The number of benzene rings is 1. The van der Waals surface area contributed by atoms with Gasteiger partial charge in [0.25, 0.3) is 0 Å². The second kappa shape index (κ2) is 7.23. The molecule has 0 atom stereocenters. The van der Waals surface area contributed by atoms with Gasteiger partial charge in [0.15, 0.2) is 9.84 Å². The van der Waals surface area contributed by atoms with Gasteiger partial charge in [-0.05, 0) is 24.3 Å². The summed E-state index contributed by atoms with van der Waals surface area (Å²) in [6.45, 7) is 0.136. The Labute approximate surface area is 159 Å². The molecular weight excluding hydrogens is 395 g/mol. The van der Waals surface area contributed by atoms with E-state index in [1.165, 1.54) is 35.3 Å². The second-order valence-corrected chi connectivity index (χ2v) is 8.09. The highest BCUT2D eigenvalue weighted by Gasteiger charge is 2.31.